The minimum atomic E-state index is -3.74. The first-order valence-electron chi connectivity index (χ1n) is 6.46. The molecule has 0 amide bonds. The summed E-state index contributed by atoms with van der Waals surface area (Å²) in [5, 5.41) is 7.96. The number of rotatable bonds is 7. The van der Waals surface area contributed by atoms with Crippen LogP contribution in [0.5, 0.6) is 0 Å². The Bertz CT molecular complexity index is 574. The Morgan fingerprint density at radius 1 is 1.43 bits per heavy atom. The summed E-state index contributed by atoms with van der Waals surface area (Å²) in [5.41, 5.74) is 2.93. The molecule has 1 aromatic carbocycles. The molecule has 0 aliphatic carbocycles. The zero-order valence-corrected chi connectivity index (χ0v) is 12.7. The highest BCUT2D eigenvalue weighted by Gasteiger charge is 2.08. The third-order valence-electron chi connectivity index (χ3n) is 2.48. The van der Waals surface area contributed by atoms with E-state index in [4.69, 9.17) is 15.7 Å². The molecule has 0 radical (unpaired) electrons. The van der Waals surface area contributed by atoms with E-state index in [1.807, 2.05) is 6.92 Å². The summed E-state index contributed by atoms with van der Waals surface area (Å²) in [5.74, 6) is 5.70. The average Bonchev–Trinajstić information content (AvgIpc) is 2.45. The van der Waals surface area contributed by atoms with E-state index in [9.17, 15) is 8.42 Å². The first kappa shape index (κ1) is 17.4. The lowest BCUT2D eigenvalue weighted by atomic mass is 10.3. The van der Waals surface area contributed by atoms with Crippen LogP contribution < -0.4 is 21.7 Å². The standard InChI is InChI=1S/C12H21N5O3S/c1-2-20-8-4-7-15-12(17-13)16-10-5-3-6-11(9-10)21(14,18)19/h3,5-6,9H,2,4,7-8,13H2,1H3,(H2,14,18,19)(H2,15,16,17). The fraction of sp³-hybridized carbons (Fsp3) is 0.417. The Kier molecular flexibility index (Phi) is 7.09. The van der Waals surface area contributed by atoms with Gasteiger partial charge in [-0.2, -0.15) is 0 Å². The first-order chi connectivity index (χ1) is 9.97. The van der Waals surface area contributed by atoms with Gasteiger partial charge in [0.15, 0.2) is 0 Å². The third kappa shape index (κ3) is 6.54. The van der Waals surface area contributed by atoms with Crippen molar-refractivity contribution < 1.29 is 13.2 Å². The number of nitrogens with one attached hydrogen (secondary N) is 2. The zero-order chi connectivity index (χ0) is 15.7. The topological polar surface area (TPSA) is 132 Å². The van der Waals surface area contributed by atoms with Crippen molar-refractivity contribution >= 4 is 21.7 Å². The minimum Gasteiger partial charge on any atom is -0.382 e. The second-order valence-corrected chi connectivity index (χ2v) is 5.68. The second-order valence-electron chi connectivity index (χ2n) is 4.12. The van der Waals surface area contributed by atoms with Crippen molar-refractivity contribution in [1.29, 1.82) is 0 Å². The van der Waals surface area contributed by atoms with Crippen LogP contribution in [0.2, 0.25) is 0 Å². The third-order valence-corrected chi connectivity index (χ3v) is 3.39. The molecule has 1 aromatic rings. The molecule has 0 saturated heterocycles. The molecule has 118 valence electrons. The Morgan fingerprint density at radius 2 is 2.19 bits per heavy atom. The van der Waals surface area contributed by atoms with Crippen molar-refractivity contribution in [1.82, 2.24) is 5.43 Å². The predicted molar refractivity (Wildman–Crippen MR) is 82.2 cm³/mol. The quantitative estimate of drug-likeness (QED) is 0.184. The minimum absolute atomic E-state index is 0.0141. The van der Waals surface area contributed by atoms with Crippen LogP contribution >= 0.6 is 0 Å². The van der Waals surface area contributed by atoms with Gasteiger partial charge in [-0.1, -0.05) is 6.07 Å². The van der Waals surface area contributed by atoms with E-state index in [0.29, 0.717) is 31.4 Å². The highest BCUT2D eigenvalue weighted by molar-refractivity contribution is 7.89. The summed E-state index contributed by atoms with van der Waals surface area (Å²) in [6.45, 7) is 3.75. The Hall–Kier alpha value is -1.68. The molecule has 0 bridgehead atoms. The molecule has 0 saturated carbocycles. The van der Waals surface area contributed by atoms with E-state index in [2.05, 4.69) is 15.7 Å². The normalized spacial score (nSPS) is 12.2. The summed E-state index contributed by atoms with van der Waals surface area (Å²) >= 11 is 0. The Labute approximate surface area is 124 Å². The molecule has 0 heterocycles. The van der Waals surface area contributed by atoms with Crippen molar-refractivity contribution in [3.63, 3.8) is 0 Å². The van der Waals surface area contributed by atoms with Gasteiger partial charge in [0, 0.05) is 25.4 Å². The lowest BCUT2D eigenvalue weighted by Crippen LogP contribution is -2.36. The van der Waals surface area contributed by atoms with Gasteiger partial charge in [-0.25, -0.2) is 19.4 Å². The molecular formula is C12H21N5O3S. The van der Waals surface area contributed by atoms with E-state index in [-0.39, 0.29) is 4.90 Å². The van der Waals surface area contributed by atoms with E-state index >= 15 is 0 Å². The van der Waals surface area contributed by atoms with Crippen LogP contribution in [0.1, 0.15) is 13.3 Å². The summed E-state index contributed by atoms with van der Waals surface area (Å²) in [7, 11) is -3.74. The molecule has 0 unspecified atom stereocenters. The maximum Gasteiger partial charge on any atom is 0.238 e. The van der Waals surface area contributed by atoms with Gasteiger partial charge in [0.1, 0.15) is 0 Å². The molecule has 0 atom stereocenters. The number of benzene rings is 1. The van der Waals surface area contributed by atoms with Gasteiger partial charge >= 0.3 is 0 Å². The Balaban J connectivity index is 2.67. The number of guanidine groups is 1. The molecule has 0 spiro atoms. The maximum absolute atomic E-state index is 11.3. The molecular weight excluding hydrogens is 294 g/mol. The number of nitrogens with zero attached hydrogens (tertiary/aromatic N) is 1. The molecule has 0 aliphatic heterocycles. The van der Waals surface area contributed by atoms with Gasteiger partial charge < -0.3 is 10.1 Å². The van der Waals surface area contributed by atoms with Gasteiger partial charge in [0.05, 0.1) is 4.90 Å². The zero-order valence-electron chi connectivity index (χ0n) is 11.9. The molecule has 0 aliphatic rings. The SMILES string of the molecule is CCOCCCN=C(NN)Nc1cccc(S(N)(=O)=O)c1. The van der Waals surface area contributed by atoms with Crippen LogP contribution in [0.15, 0.2) is 34.2 Å². The number of sulfonamides is 1. The average molecular weight is 315 g/mol. The number of primary sulfonamides is 1. The predicted octanol–water partition coefficient (Wildman–Crippen LogP) is -0.00820. The van der Waals surface area contributed by atoms with Crippen LogP contribution in [0, 0.1) is 0 Å². The van der Waals surface area contributed by atoms with E-state index < -0.39 is 10.0 Å². The fourth-order valence-electron chi connectivity index (χ4n) is 1.51. The number of hydrogen-bond acceptors (Lipinski definition) is 5. The van der Waals surface area contributed by atoms with Crippen molar-refractivity contribution in [2.75, 3.05) is 25.1 Å². The first-order valence-corrected chi connectivity index (χ1v) is 8.00. The van der Waals surface area contributed by atoms with Crippen LogP contribution in [0.3, 0.4) is 0 Å². The molecule has 0 aromatic heterocycles. The summed E-state index contributed by atoms with van der Waals surface area (Å²) in [6.07, 6.45) is 0.762. The van der Waals surface area contributed by atoms with Gasteiger partial charge in [-0.05, 0) is 31.5 Å². The van der Waals surface area contributed by atoms with Crippen LogP contribution in [-0.4, -0.2) is 34.1 Å². The van der Waals surface area contributed by atoms with Gasteiger partial charge in [-0.3, -0.25) is 10.4 Å². The number of anilines is 1. The number of ether oxygens (including phenoxy) is 1. The molecule has 6 N–H and O–H groups in total. The van der Waals surface area contributed by atoms with Gasteiger partial charge in [0.25, 0.3) is 0 Å². The van der Waals surface area contributed by atoms with Crippen molar-refractivity contribution in [2.24, 2.45) is 16.0 Å². The smallest absolute Gasteiger partial charge is 0.238 e. The second kappa shape index (κ2) is 8.57. The summed E-state index contributed by atoms with van der Waals surface area (Å²) < 4.78 is 27.8. The molecule has 1 rings (SSSR count). The number of hydrogen-bond donors (Lipinski definition) is 4. The van der Waals surface area contributed by atoms with Crippen molar-refractivity contribution in [3.05, 3.63) is 24.3 Å². The van der Waals surface area contributed by atoms with E-state index in [0.717, 1.165) is 6.42 Å². The highest BCUT2D eigenvalue weighted by atomic mass is 32.2. The molecule has 9 heteroatoms. The van der Waals surface area contributed by atoms with E-state index in [1.54, 1.807) is 12.1 Å². The lowest BCUT2D eigenvalue weighted by Gasteiger charge is -2.10. The molecule has 0 fully saturated rings. The monoisotopic (exact) mass is 315 g/mol. The largest absolute Gasteiger partial charge is 0.382 e. The number of hydrazine groups is 1. The van der Waals surface area contributed by atoms with E-state index in [1.165, 1.54) is 12.1 Å². The number of aliphatic imine (C=N–C) groups is 1. The van der Waals surface area contributed by atoms with Crippen LogP contribution in [-0.2, 0) is 14.8 Å². The van der Waals surface area contributed by atoms with Crippen molar-refractivity contribution in [2.45, 2.75) is 18.2 Å². The molecule has 8 nitrogen and oxygen atoms in total. The van der Waals surface area contributed by atoms with Gasteiger partial charge in [-0.15, -0.1) is 0 Å². The van der Waals surface area contributed by atoms with Crippen LogP contribution in [0.25, 0.3) is 0 Å². The summed E-state index contributed by atoms with van der Waals surface area (Å²) in [4.78, 5) is 4.22. The fourth-order valence-corrected chi connectivity index (χ4v) is 2.07. The molecule has 21 heavy (non-hydrogen) atoms. The highest BCUT2D eigenvalue weighted by Crippen LogP contribution is 2.13. The lowest BCUT2D eigenvalue weighted by molar-refractivity contribution is 0.146. The van der Waals surface area contributed by atoms with Crippen molar-refractivity contribution in [3.8, 4) is 0 Å². The summed E-state index contributed by atoms with van der Waals surface area (Å²) in [6, 6.07) is 6.07. The Morgan fingerprint density at radius 3 is 2.81 bits per heavy atom. The maximum atomic E-state index is 11.3. The van der Waals surface area contributed by atoms with Gasteiger partial charge in [0.2, 0.25) is 16.0 Å². The number of nitrogens with two attached hydrogens (primary N) is 2. The van der Waals surface area contributed by atoms with Crippen LogP contribution in [0.4, 0.5) is 5.69 Å².